The van der Waals surface area contributed by atoms with Gasteiger partial charge in [0.15, 0.2) is 0 Å². The van der Waals surface area contributed by atoms with Crippen molar-refractivity contribution in [2.75, 3.05) is 26.2 Å². The van der Waals surface area contributed by atoms with Crippen molar-refractivity contribution in [1.82, 2.24) is 5.32 Å². The minimum Gasteiger partial charge on any atom is -0.466 e. The van der Waals surface area contributed by atoms with Crippen molar-refractivity contribution in [2.24, 2.45) is 17.6 Å². The summed E-state index contributed by atoms with van der Waals surface area (Å²) in [6, 6.07) is 0. The zero-order chi connectivity index (χ0) is 16.5. The maximum atomic E-state index is 11.2. The van der Waals surface area contributed by atoms with Crippen LogP contribution in [-0.2, 0) is 9.53 Å². The van der Waals surface area contributed by atoms with Gasteiger partial charge in [-0.1, -0.05) is 53.9 Å². The predicted octanol–water partition coefficient (Wildman–Crippen LogP) is 3.35. The average molecular weight is 303 g/mol. The second-order valence-electron chi connectivity index (χ2n) is 5.79. The summed E-state index contributed by atoms with van der Waals surface area (Å²) < 4.78 is 5.04. The molecule has 2 atom stereocenters. The highest BCUT2D eigenvalue weighted by atomic mass is 16.5. The first-order valence-electron chi connectivity index (χ1n) is 8.57. The zero-order valence-corrected chi connectivity index (χ0v) is 14.9. The van der Waals surface area contributed by atoms with Gasteiger partial charge in [-0.2, -0.15) is 0 Å². The van der Waals surface area contributed by atoms with Crippen molar-refractivity contribution in [1.29, 1.82) is 0 Å². The Morgan fingerprint density at radius 1 is 1.14 bits per heavy atom. The average Bonchev–Trinajstić information content (AvgIpc) is 2.51. The SMILES string of the molecule is CCC(C)CN.CCCCOC(=O)CCNCC(C)CC. The molecule has 0 aliphatic rings. The predicted molar refractivity (Wildman–Crippen MR) is 91.3 cm³/mol. The van der Waals surface area contributed by atoms with Gasteiger partial charge >= 0.3 is 5.97 Å². The van der Waals surface area contributed by atoms with Gasteiger partial charge in [-0.25, -0.2) is 0 Å². The summed E-state index contributed by atoms with van der Waals surface area (Å²) >= 11 is 0. The van der Waals surface area contributed by atoms with Crippen LogP contribution in [0.2, 0.25) is 0 Å². The smallest absolute Gasteiger partial charge is 0.307 e. The van der Waals surface area contributed by atoms with Gasteiger partial charge in [-0.05, 0) is 31.3 Å². The van der Waals surface area contributed by atoms with Crippen LogP contribution in [0.1, 0.15) is 66.7 Å². The number of hydrogen-bond acceptors (Lipinski definition) is 4. The highest BCUT2D eigenvalue weighted by Crippen LogP contribution is 1.97. The van der Waals surface area contributed by atoms with E-state index in [0.717, 1.165) is 32.5 Å². The molecule has 0 fully saturated rings. The number of carbonyl (C=O) groups excluding carboxylic acids is 1. The molecule has 128 valence electrons. The maximum absolute atomic E-state index is 11.2. The van der Waals surface area contributed by atoms with E-state index in [1.165, 1.54) is 12.8 Å². The molecule has 0 aliphatic heterocycles. The van der Waals surface area contributed by atoms with Crippen LogP contribution in [0.3, 0.4) is 0 Å². The van der Waals surface area contributed by atoms with Crippen LogP contribution in [0.5, 0.6) is 0 Å². The van der Waals surface area contributed by atoms with Crippen LogP contribution in [0.4, 0.5) is 0 Å². The number of rotatable bonds is 11. The van der Waals surface area contributed by atoms with E-state index in [1.807, 2.05) is 0 Å². The van der Waals surface area contributed by atoms with Gasteiger partial charge < -0.3 is 15.8 Å². The molecule has 0 radical (unpaired) electrons. The summed E-state index contributed by atoms with van der Waals surface area (Å²) in [5, 5.41) is 3.26. The van der Waals surface area contributed by atoms with Crippen molar-refractivity contribution in [3.63, 3.8) is 0 Å². The molecular formula is C17H38N2O2. The Labute approximate surface area is 132 Å². The number of ether oxygens (including phenoxy) is 1. The first kappa shape index (κ1) is 22.7. The normalized spacial score (nSPS) is 13.0. The Hall–Kier alpha value is -0.610. The molecule has 0 spiro atoms. The fourth-order valence-electron chi connectivity index (χ4n) is 1.25. The van der Waals surface area contributed by atoms with Gasteiger partial charge in [0.1, 0.15) is 0 Å². The van der Waals surface area contributed by atoms with Gasteiger partial charge in [-0.15, -0.1) is 0 Å². The molecule has 0 rings (SSSR count). The number of hydrogen-bond donors (Lipinski definition) is 2. The molecule has 0 heterocycles. The lowest BCUT2D eigenvalue weighted by Gasteiger charge is -2.09. The number of nitrogens with one attached hydrogen (secondary N) is 1. The van der Waals surface area contributed by atoms with Crippen LogP contribution in [0, 0.1) is 11.8 Å². The van der Waals surface area contributed by atoms with E-state index in [4.69, 9.17) is 10.5 Å². The summed E-state index contributed by atoms with van der Waals surface area (Å²) in [7, 11) is 0. The van der Waals surface area contributed by atoms with Gasteiger partial charge in [0.05, 0.1) is 13.0 Å². The topological polar surface area (TPSA) is 64.3 Å². The van der Waals surface area contributed by atoms with Gasteiger partial charge in [0.2, 0.25) is 0 Å². The second kappa shape index (κ2) is 17.4. The van der Waals surface area contributed by atoms with Crippen LogP contribution >= 0.6 is 0 Å². The Morgan fingerprint density at radius 2 is 1.76 bits per heavy atom. The van der Waals surface area contributed by atoms with E-state index in [1.54, 1.807) is 0 Å². The lowest BCUT2D eigenvalue weighted by molar-refractivity contribution is -0.143. The molecule has 4 heteroatoms. The van der Waals surface area contributed by atoms with Gasteiger partial charge in [-0.3, -0.25) is 4.79 Å². The monoisotopic (exact) mass is 302 g/mol. The Morgan fingerprint density at radius 3 is 2.19 bits per heavy atom. The third-order valence-electron chi connectivity index (χ3n) is 3.56. The molecular weight excluding hydrogens is 264 g/mol. The van der Waals surface area contributed by atoms with Crippen molar-refractivity contribution < 1.29 is 9.53 Å². The Balaban J connectivity index is 0. The first-order valence-corrected chi connectivity index (χ1v) is 8.57. The molecule has 0 aromatic heterocycles. The summed E-state index contributed by atoms with van der Waals surface area (Å²) in [6.07, 6.45) is 4.90. The summed E-state index contributed by atoms with van der Waals surface area (Å²) in [6.45, 7) is 13.9. The van der Waals surface area contributed by atoms with E-state index in [9.17, 15) is 4.79 Å². The van der Waals surface area contributed by atoms with E-state index >= 15 is 0 Å². The standard InChI is InChI=1S/C12H25NO2.C5H13N/c1-4-6-9-15-12(14)7-8-13-10-11(3)5-2;1-3-5(2)4-6/h11,13H,4-10H2,1-3H3;5H,3-4,6H2,1-2H3. The minimum atomic E-state index is -0.0832. The molecule has 2 unspecified atom stereocenters. The fourth-order valence-corrected chi connectivity index (χ4v) is 1.25. The minimum absolute atomic E-state index is 0.0832. The third-order valence-corrected chi connectivity index (χ3v) is 3.56. The van der Waals surface area contributed by atoms with E-state index < -0.39 is 0 Å². The van der Waals surface area contributed by atoms with Crippen molar-refractivity contribution in [3.05, 3.63) is 0 Å². The molecule has 0 aromatic carbocycles. The third kappa shape index (κ3) is 19.4. The molecule has 0 saturated carbocycles. The fraction of sp³-hybridized carbons (Fsp3) is 0.941. The Bertz CT molecular complexity index is 219. The van der Waals surface area contributed by atoms with Crippen LogP contribution < -0.4 is 11.1 Å². The molecule has 4 nitrogen and oxygen atoms in total. The second-order valence-corrected chi connectivity index (χ2v) is 5.79. The van der Waals surface area contributed by atoms with Crippen molar-refractivity contribution in [3.8, 4) is 0 Å². The van der Waals surface area contributed by atoms with Gasteiger partial charge in [0, 0.05) is 6.54 Å². The molecule has 0 aromatic rings. The molecule has 0 saturated heterocycles. The molecule has 3 N–H and O–H groups in total. The highest BCUT2D eigenvalue weighted by molar-refractivity contribution is 5.69. The van der Waals surface area contributed by atoms with Crippen molar-refractivity contribution in [2.45, 2.75) is 66.7 Å². The number of nitrogens with two attached hydrogens (primary N) is 1. The van der Waals surface area contributed by atoms with E-state index in [-0.39, 0.29) is 5.97 Å². The van der Waals surface area contributed by atoms with E-state index in [0.29, 0.717) is 24.9 Å². The lowest BCUT2D eigenvalue weighted by atomic mass is 10.1. The highest BCUT2D eigenvalue weighted by Gasteiger charge is 2.02. The lowest BCUT2D eigenvalue weighted by Crippen LogP contribution is -2.24. The summed E-state index contributed by atoms with van der Waals surface area (Å²) in [5.74, 6) is 1.31. The molecule has 0 amide bonds. The first-order chi connectivity index (χ1) is 10.0. The maximum Gasteiger partial charge on any atom is 0.307 e. The van der Waals surface area contributed by atoms with Crippen molar-refractivity contribution >= 4 is 5.97 Å². The van der Waals surface area contributed by atoms with Gasteiger partial charge in [0.25, 0.3) is 0 Å². The quantitative estimate of drug-likeness (QED) is 0.454. The Kier molecular flexibility index (Phi) is 18.8. The largest absolute Gasteiger partial charge is 0.466 e. The zero-order valence-electron chi connectivity index (χ0n) is 14.9. The van der Waals surface area contributed by atoms with E-state index in [2.05, 4.69) is 39.9 Å². The van der Waals surface area contributed by atoms with Crippen LogP contribution in [0.25, 0.3) is 0 Å². The summed E-state index contributed by atoms with van der Waals surface area (Å²) in [4.78, 5) is 11.2. The molecule has 21 heavy (non-hydrogen) atoms. The molecule has 0 aliphatic carbocycles. The van der Waals surface area contributed by atoms with Crippen LogP contribution in [-0.4, -0.2) is 32.2 Å². The number of unbranched alkanes of at least 4 members (excludes halogenated alkanes) is 1. The number of carbonyl (C=O) groups is 1. The molecule has 0 bridgehead atoms. The number of esters is 1. The van der Waals surface area contributed by atoms with Crippen LogP contribution in [0.15, 0.2) is 0 Å². The summed E-state index contributed by atoms with van der Waals surface area (Å²) in [5.41, 5.74) is 5.28.